The Morgan fingerprint density at radius 2 is 1.53 bits per heavy atom. The maximum atomic E-state index is 12.9. The molecule has 11 heteroatoms. The van der Waals surface area contributed by atoms with Gasteiger partial charge in [-0.05, 0) is 93.8 Å². The summed E-state index contributed by atoms with van der Waals surface area (Å²) in [7, 11) is 0. The van der Waals surface area contributed by atoms with Gasteiger partial charge in [-0.25, -0.2) is 9.78 Å². The summed E-state index contributed by atoms with van der Waals surface area (Å²) in [5.41, 5.74) is 22.2. The molecule has 0 saturated heterocycles. The average Bonchev–Trinajstić information content (AvgIpc) is 3.08. The highest BCUT2D eigenvalue weighted by atomic mass is 35.5. The average molecular weight is 743 g/mol. The minimum atomic E-state index is -0.328. The zero-order valence-electron chi connectivity index (χ0n) is 29.2. The predicted molar refractivity (Wildman–Crippen MR) is 212 cm³/mol. The lowest BCUT2D eigenvalue weighted by Gasteiger charge is -2.19. The molecule has 0 radical (unpaired) electrons. The minimum absolute atomic E-state index is 0. The normalized spacial score (nSPS) is 11.1. The number of nitrogens with zero attached hydrogens (tertiary/aromatic N) is 2. The standard InChI is InChI=1S/C28H30N2O3.C12H10N3S.2ClH/c1-6-29-23-15-25-21(13-17(23)4)27(19-11-9-10-12-20(19)28(31)32-8-3)22-14-18(5)24(30-7-2)16-26(22)33-25;13-7-1-3-9-11(5-7)16-12-6-8(14)2-4-10(12)15-9;;/h9-16,29H,6-8H2,1-5H3;1-6H,13-14H2;2*1H/q;+1;;/p-1/b30-24-;;;. The van der Waals surface area contributed by atoms with Gasteiger partial charge in [0.05, 0.1) is 17.5 Å². The summed E-state index contributed by atoms with van der Waals surface area (Å²) in [6.07, 6.45) is 0. The number of fused-ring (bicyclic) bond motifs is 4. The van der Waals surface area contributed by atoms with E-state index in [1.54, 1.807) is 11.3 Å². The van der Waals surface area contributed by atoms with Crippen molar-refractivity contribution < 1.29 is 26.4 Å². The molecule has 1 aliphatic heterocycles. The van der Waals surface area contributed by atoms with Crippen LogP contribution < -0.4 is 34.5 Å². The molecule has 4 aromatic carbocycles. The second-order valence-electron chi connectivity index (χ2n) is 11.7. The number of hydrogen-bond donors (Lipinski definition) is 3. The highest BCUT2D eigenvalue weighted by molar-refractivity contribution is 7.24. The van der Waals surface area contributed by atoms with Crippen LogP contribution in [0.3, 0.4) is 0 Å². The lowest BCUT2D eigenvalue weighted by Crippen LogP contribution is -3.00. The first kappa shape index (κ1) is 38.8. The van der Waals surface area contributed by atoms with E-state index in [0.29, 0.717) is 18.7 Å². The Kier molecular flexibility index (Phi) is 12.8. The second-order valence-corrected chi connectivity index (χ2v) is 12.8. The van der Waals surface area contributed by atoms with Gasteiger partial charge in [0.2, 0.25) is 11.3 Å². The summed E-state index contributed by atoms with van der Waals surface area (Å²) >= 11 is 1.66. The predicted octanol–water partition coefficient (Wildman–Crippen LogP) is 6.67. The van der Waals surface area contributed by atoms with Crippen molar-refractivity contribution in [1.29, 1.82) is 0 Å². The van der Waals surface area contributed by atoms with E-state index in [9.17, 15) is 4.79 Å². The van der Waals surface area contributed by atoms with Gasteiger partial charge in [0.15, 0.2) is 0 Å². The molecule has 7 rings (SSSR count). The van der Waals surface area contributed by atoms with Gasteiger partial charge < -0.3 is 38.3 Å². The van der Waals surface area contributed by atoms with E-state index in [-0.39, 0.29) is 30.8 Å². The number of rotatable bonds is 6. The van der Waals surface area contributed by atoms with E-state index in [1.165, 1.54) is 0 Å². The van der Waals surface area contributed by atoms with E-state index in [2.05, 4.69) is 48.2 Å². The van der Waals surface area contributed by atoms with Crippen LogP contribution in [0.1, 0.15) is 42.3 Å². The summed E-state index contributed by atoms with van der Waals surface area (Å²) in [4.78, 5) is 22.0. The zero-order valence-corrected chi connectivity index (χ0v) is 31.6. The van der Waals surface area contributed by atoms with E-state index in [4.69, 9.17) is 20.6 Å². The molecule has 264 valence electrons. The highest BCUT2D eigenvalue weighted by Crippen LogP contribution is 2.43. The molecule has 0 amide bonds. The Labute approximate surface area is 313 Å². The SMILES string of the molecule is CC/N=c1/cc2oc3cc(NCC)c(C)cc3c(-c3ccccc3C(=O)OCC)c-2cc1C.Cl.Nc1ccc2nc3ccc(N)cc3[s+]c2c1.[Cl-]. The van der Waals surface area contributed by atoms with Crippen LogP contribution in [0.15, 0.2) is 94.3 Å². The van der Waals surface area contributed by atoms with Crippen LogP contribution in [0.25, 0.3) is 53.9 Å². The number of aromatic nitrogens is 1. The Bertz CT molecular complexity index is 2340. The van der Waals surface area contributed by atoms with Gasteiger partial charge in [0.1, 0.15) is 22.4 Å². The number of anilines is 3. The van der Waals surface area contributed by atoms with Crippen LogP contribution in [0.4, 0.5) is 17.1 Å². The molecule has 51 heavy (non-hydrogen) atoms. The molecule has 5 N–H and O–H groups in total. The third-order valence-electron chi connectivity index (χ3n) is 8.20. The third kappa shape index (κ3) is 8.17. The molecule has 1 aliphatic carbocycles. The Morgan fingerprint density at radius 3 is 2.16 bits per heavy atom. The number of nitrogens with two attached hydrogens (primary N) is 2. The number of nitrogens with one attached hydrogen (secondary N) is 1. The highest BCUT2D eigenvalue weighted by Gasteiger charge is 2.23. The van der Waals surface area contributed by atoms with Crippen LogP contribution in [0, 0.1) is 13.8 Å². The van der Waals surface area contributed by atoms with Crippen molar-refractivity contribution in [1.82, 2.24) is 4.98 Å². The minimum Gasteiger partial charge on any atom is -1.00 e. The molecule has 0 bridgehead atoms. The molecule has 0 spiro atoms. The smallest absolute Gasteiger partial charge is 0.338 e. The van der Waals surface area contributed by atoms with Crippen molar-refractivity contribution >= 4 is 78.2 Å². The summed E-state index contributed by atoms with van der Waals surface area (Å²) in [5, 5.41) is 5.28. The lowest BCUT2D eigenvalue weighted by molar-refractivity contribution is -0.0000285. The van der Waals surface area contributed by atoms with E-state index in [0.717, 1.165) is 93.9 Å². The van der Waals surface area contributed by atoms with E-state index < -0.39 is 0 Å². The van der Waals surface area contributed by atoms with Gasteiger partial charge in [-0.3, -0.25) is 4.99 Å². The molecular formula is C40H41Cl2N5O3S. The number of carbonyl (C=O) groups is 1. The number of halogens is 2. The largest absolute Gasteiger partial charge is 1.00 e. The van der Waals surface area contributed by atoms with E-state index >= 15 is 0 Å². The first-order valence-electron chi connectivity index (χ1n) is 16.4. The fraction of sp³-hybridized carbons (Fsp3) is 0.200. The fourth-order valence-corrected chi connectivity index (χ4v) is 7.01. The van der Waals surface area contributed by atoms with Crippen molar-refractivity contribution in [3.8, 4) is 22.5 Å². The first-order valence-corrected chi connectivity index (χ1v) is 17.2. The Balaban J connectivity index is 0.000000272. The maximum absolute atomic E-state index is 12.9. The Hall–Kier alpha value is -4.96. The summed E-state index contributed by atoms with van der Waals surface area (Å²) in [5.74, 6) is 0.408. The molecule has 0 atom stereocenters. The van der Waals surface area contributed by atoms with Crippen LogP contribution >= 0.6 is 23.7 Å². The van der Waals surface area contributed by atoms with Crippen molar-refractivity contribution in [3.63, 3.8) is 0 Å². The van der Waals surface area contributed by atoms with Crippen LogP contribution in [0.2, 0.25) is 0 Å². The topological polar surface area (TPSA) is 129 Å². The number of carbonyl (C=O) groups excluding carboxylic acids is 1. The van der Waals surface area contributed by atoms with Gasteiger partial charge in [-0.15, -0.1) is 12.4 Å². The van der Waals surface area contributed by atoms with Crippen LogP contribution in [0.5, 0.6) is 0 Å². The van der Waals surface area contributed by atoms with Gasteiger partial charge in [0, 0.05) is 70.9 Å². The third-order valence-corrected chi connectivity index (χ3v) is 9.29. The van der Waals surface area contributed by atoms with Crippen LogP contribution in [-0.2, 0) is 4.74 Å². The number of esters is 1. The molecule has 0 unspecified atom stereocenters. The summed E-state index contributed by atoms with van der Waals surface area (Å²) in [6, 6.07) is 27.4. The molecule has 2 heterocycles. The number of benzene rings is 5. The molecule has 8 nitrogen and oxygen atoms in total. The van der Waals surface area contributed by atoms with E-state index in [1.807, 2.05) is 86.6 Å². The molecule has 5 aromatic rings. The van der Waals surface area contributed by atoms with Gasteiger partial charge in [-0.1, -0.05) is 18.2 Å². The van der Waals surface area contributed by atoms with Gasteiger partial charge in [-0.2, -0.15) is 0 Å². The van der Waals surface area contributed by atoms with Crippen LogP contribution in [-0.4, -0.2) is 30.6 Å². The Morgan fingerprint density at radius 1 is 0.863 bits per heavy atom. The van der Waals surface area contributed by atoms with Crippen molar-refractivity contribution in [2.24, 2.45) is 4.99 Å². The monoisotopic (exact) mass is 741 g/mol. The zero-order chi connectivity index (χ0) is 34.7. The van der Waals surface area contributed by atoms with Gasteiger partial charge >= 0.3 is 5.97 Å². The fourth-order valence-electron chi connectivity index (χ4n) is 5.95. The molecule has 0 saturated carbocycles. The number of ether oxygens (including phenoxy) is 1. The summed E-state index contributed by atoms with van der Waals surface area (Å²) < 4.78 is 14.0. The lowest BCUT2D eigenvalue weighted by atomic mass is 9.89. The number of aryl methyl sites for hydroxylation is 2. The first-order chi connectivity index (χ1) is 23.7. The summed E-state index contributed by atoms with van der Waals surface area (Å²) in [6.45, 7) is 11.9. The molecular weight excluding hydrogens is 701 g/mol. The quantitative estimate of drug-likeness (QED) is 0.0752. The molecule has 1 aromatic heterocycles. The van der Waals surface area contributed by atoms with Crippen molar-refractivity contribution in [2.45, 2.75) is 34.6 Å². The molecule has 0 fully saturated rings. The number of nitrogen functional groups attached to an aromatic ring is 2. The number of hydrogen-bond acceptors (Lipinski definition) is 8. The van der Waals surface area contributed by atoms with Gasteiger partial charge in [0.25, 0.3) is 9.40 Å². The van der Waals surface area contributed by atoms with Crippen molar-refractivity contribution in [3.05, 3.63) is 107 Å². The molecule has 2 aliphatic rings. The maximum Gasteiger partial charge on any atom is 0.338 e. The van der Waals surface area contributed by atoms with Crippen molar-refractivity contribution in [2.75, 3.05) is 36.5 Å². The second kappa shape index (κ2) is 16.8.